The summed E-state index contributed by atoms with van der Waals surface area (Å²) in [5.41, 5.74) is 0.721. The highest BCUT2D eigenvalue weighted by Crippen LogP contribution is 2.24. The molecule has 0 aliphatic carbocycles. The van der Waals surface area contributed by atoms with Crippen LogP contribution in [0.15, 0.2) is 18.2 Å². The van der Waals surface area contributed by atoms with Crippen molar-refractivity contribution in [3.8, 4) is 11.8 Å². The first-order valence-corrected chi connectivity index (χ1v) is 6.44. The second kappa shape index (κ2) is 7.85. The molecule has 0 saturated heterocycles. The maximum absolute atomic E-state index is 11.7. The van der Waals surface area contributed by atoms with Crippen LogP contribution in [-0.2, 0) is 4.79 Å². The van der Waals surface area contributed by atoms with E-state index in [1.807, 2.05) is 6.07 Å². The van der Waals surface area contributed by atoms with Gasteiger partial charge in [0.1, 0.15) is 5.75 Å². The van der Waals surface area contributed by atoms with Gasteiger partial charge < -0.3 is 9.64 Å². The minimum absolute atomic E-state index is 0.0481. The van der Waals surface area contributed by atoms with Crippen LogP contribution in [0.25, 0.3) is 0 Å². The molecule has 1 aromatic rings. The van der Waals surface area contributed by atoms with Gasteiger partial charge in [-0.05, 0) is 18.6 Å². The molecule has 0 aromatic heterocycles. The average molecular weight is 291 g/mol. The van der Waals surface area contributed by atoms with E-state index in [1.54, 1.807) is 20.0 Å². The molecule has 7 heteroatoms. The number of carbonyl (C=O) groups is 1. The molecular weight excluding hydrogens is 274 g/mol. The first-order valence-electron chi connectivity index (χ1n) is 6.44. The lowest BCUT2D eigenvalue weighted by molar-refractivity contribution is -0.384. The number of nitrogens with zero attached hydrogens (tertiary/aromatic N) is 3. The van der Waals surface area contributed by atoms with Crippen LogP contribution in [0, 0.1) is 28.4 Å². The molecule has 0 aliphatic heterocycles. The molecule has 7 nitrogen and oxygen atoms in total. The molecule has 0 heterocycles. The van der Waals surface area contributed by atoms with Gasteiger partial charge in [0.05, 0.1) is 36.5 Å². The van der Waals surface area contributed by atoms with Crippen molar-refractivity contribution >= 4 is 11.6 Å². The SMILES string of the molecule is Cc1ccc([N+](=O)[O-])cc1OCCC(=O)N(C)CCC#N. The zero-order valence-corrected chi connectivity index (χ0v) is 12.0. The number of aryl methyl sites for hydroxylation is 1. The molecule has 0 saturated carbocycles. The number of non-ortho nitro benzene ring substituents is 1. The molecule has 0 atom stereocenters. The largest absolute Gasteiger partial charge is 0.493 e. The average Bonchev–Trinajstić information content (AvgIpc) is 2.46. The van der Waals surface area contributed by atoms with Gasteiger partial charge in [0.2, 0.25) is 5.91 Å². The zero-order valence-electron chi connectivity index (χ0n) is 12.0. The molecule has 1 aromatic carbocycles. The Bertz CT molecular complexity index is 566. The molecule has 21 heavy (non-hydrogen) atoms. The second-order valence-electron chi connectivity index (χ2n) is 4.53. The van der Waals surface area contributed by atoms with E-state index in [2.05, 4.69) is 0 Å². The number of nitro groups is 1. The van der Waals surface area contributed by atoms with Gasteiger partial charge in [-0.25, -0.2) is 0 Å². The summed E-state index contributed by atoms with van der Waals surface area (Å²) in [7, 11) is 1.62. The highest BCUT2D eigenvalue weighted by Gasteiger charge is 2.11. The zero-order chi connectivity index (χ0) is 15.8. The van der Waals surface area contributed by atoms with Crippen LogP contribution in [0.5, 0.6) is 5.75 Å². The summed E-state index contributed by atoms with van der Waals surface area (Å²) in [6, 6.07) is 6.33. The van der Waals surface area contributed by atoms with Gasteiger partial charge in [-0.3, -0.25) is 14.9 Å². The predicted octanol–water partition coefficient (Wildman–Crippen LogP) is 2.04. The van der Waals surface area contributed by atoms with Crippen molar-refractivity contribution in [3.05, 3.63) is 33.9 Å². The van der Waals surface area contributed by atoms with Crippen LogP contribution in [0.1, 0.15) is 18.4 Å². The molecule has 112 valence electrons. The molecule has 0 N–H and O–H groups in total. The number of ether oxygens (including phenoxy) is 1. The monoisotopic (exact) mass is 291 g/mol. The Labute approximate surface area is 122 Å². The van der Waals surface area contributed by atoms with Gasteiger partial charge in [-0.1, -0.05) is 0 Å². The normalized spacial score (nSPS) is 9.76. The maximum atomic E-state index is 11.7. The molecule has 0 radical (unpaired) electrons. The summed E-state index contributed by atoms with van der Waals surface area (Å²) in [5.74, 6) is 0.269. The number of nitriles is 1. The quantitative estimate of drug-likeness (QED) is 0.565. The van der Waals surface area contributed by atoms with Crippen molar-refractivity contribution in [2.45, 2.75) is 19.8 Å². The van der Waals surface area contributed by atoms with E-state index in [4.69, 9.17) is 10.00 Å². The van der Waals surface area contributed by atoms with Gasteiger partial charge in [0.15, 0.2) is 0 Å². The van der Waals surface area contributed by atoms with Crippen molar-refractivity contribution in [1.82, 2.24) is 4.90 Å². The van der Waals surface area contributed by atoms with E-state index in [0.717, 1.165) is 5.56 Å². The molecule has 1 amide bonds. The van der Waals surface area contributed by atoms with Gasteiger partial charge in [-0.15, -0.1) is 0 Å². The summed E-state index contributed by atoms with van der Waals surface area (Å²) in [6.45, 7) is 2.29. The fraction of sp³-hybridized carbons (Fsp3) is 0.429. The Morgan fingerprint density at radius 1 is 1.52 bits per heavy atom. The first-order chi connectivity index (χ1) is 9.95. The van der Waals surface area contributed by atoms with E-state index in [1.165, 1.54) is 17.0 Å². The Balaban J connectivity index is 2.52. The fourth-order valence-corrected chi connectivity index (χ4v) is 1.64. The standard InChI is InChI=1S/C14H17N3O4/c1-11-4-5-12(17(19)20)10-13(11)21-9-6-14(18)16(2)8-3-7-15/h4-5,10H,3,6,8-9H2,1-2H3. The van der Waals surface area contributed by atoms with Gasteiger partial charge in [-0.2, -0.15) is 5.26 Å². The number of hydrogen-bond acceptors (Lipinski definition) is 5. The van der Waals surface area contributed by atoms with Gasteiger partial charge in [0, 0.05) is 19.7 Å². The summed E-state index contributed by atoms with van der Waals surface area (Å²) < 4.78 is 5.44. The van der Waals surface area contributed by atoms with E-state index >= 15 is 0 Å². The molecule has 0 bridgehead atoms. The van der Waals surface area contributed by atoms with Crippen LogP contribution in [0.3, 0.4) is 0 Å². The molecule has 1 rings (SSSR count). The Kier molecular flexibility index (Phi) is 6.14. The molecular formula is C14H17N3O4. The first kappa shape index (κ1) is 16.4. The predicted molar refractivity (Wildman–Crippen MR) is 75.8 cm³/mol. The Morgan fingerprint density at radius 2 is 2.24 bits per heavy atom. The van der Waals surface area contributed by atoms with Crippen molar-refractivity contribution < 1.29 is 14.5 Å². The highest BCUT2D eigenvalue weighted by molar-refractivity contribution is 5.76. The van der Waals surface area contributed by atoms with E-state index in [9.17, 15) is 14.9 Å². The third-order valence-corrected chi connectivity index (χ3v) is 2.94. The van der Waals surface area contributed by atoms with Gasteiger partial charge in [0.25, 0.3) is 5.69 Å². The lowest BCUT2D eigenvalue weighted by atomic mass is 10.2. The summed E-state index contributed by atoms with van der Waals surface area (Å²) in [5, 5.41) is 19.2. The molecule has 0 fully saturated rings. The van der Waals surface area contributed by atoms with Crippen molar-refractivity contribution in [2.24, 2.45) is 0 Å². The van der Waals surface area contributed by atoms with E-state index < -0.39 is 4.92 Å². The minimum Gasteiger partial charge on any atom is -0.493 e. The van der Waals surface area contributed by atoms with E-state index in [0.29, 0.717) is 12.3 Å². The lowest BCUT2D eigenvalue weighted by Gasteiger charge is -2.15. The topological polar surface area (TPSA) is 96.5 Å². The van der Waals surface area contributed by atoms with Crippen molar-refractivity contribution in [3.63, 3.8) is 0 Å². The summed E-state index contributed by atoms with van der Waals surface area (Å²) in [4.78, 5) is 23.4. The summed E-state index contributed by atoms with van der Waals surface area (Å²) in [6.07, 6.45) is 0.442. The number of benzene rings is 1. The van der Waals surface area contributed by atoms with Crippen LogP contribution >= 0.6 is 0 Å². The lowest BCUT2D eigenvalue weighted by Crippen LogP contribution is -2.28. The summed E-state index contributed by atoms with van der Waals surface area (Å²) >= 11 is 0. The second-order valence-corrected chi connectivity index (χ2v) is 4.53. The molecule has 0 spiro atoms. The van der Waals surface area contributed by atoms with Crippen molar-refractivity contribution in [2.75, 3.05) is 20.2 Å². The van der Waals surface area contributed by atoms with E-state index in [-0.39, 0.29) is 31.0 Å². The number of amides is 1. The Morgan fingerprint density at radius 3 is 2.86 bits per heavy atom. The number of hydrogen-bond donors (Lipinski definition) is 0. The fourth-order valence-electron chi connectivity index (χ4n) is 1.64. The Hall–Kier alpha value is -2.62. The minimum atomic E-state index is -0.493. The third-order valence-electron chi connectivity index (χ3n) is 2.94. The smallest absolute Gasteiger partial charge is 0.273 e. The third kappa shape index (κ3) is 5.10. The van der Waals surface area contributed by atoms with Crippen LogP contribution in [-0.4, -0.2) is 35.9 Å². The molecule has 0 unspecified atom stereocenters. The number of nitro benzene ring substituents is 1. The highest BCUT2D eigenvalue weighted by atomic mass is 16.6. The van der Waals surface area contributed by atoms with Gasteiger partial charge >= 0.3 is 0 Å². The maximum Gasteiger partial charge on any atom is 0.273 e. The molecule has 0 aliphatic rings. The van der Waals surface area contributed by atoms with Crippen molar-refractivity contribution in [1.29, 1.82) is 5.26 Å². The number of carbonyl (C=O) groups excluding carboxylic acids is 1. The number of rotatable bonds is 7. The van der Waals surface area contributed by atoms with Crippen LogP contribution in [0.4, 0.5) is 5.69 Å². The van der Waals surface area contributed by atoms with Crippen LogP contribution < -0.4 is 4.74 Å². The van der Waals surface area contributed by atoms with Crippen LogP contribution in [0.2, 0.25) is 0 Å².